The van der Waals surface area contributed by atoms with Crippen molar-refractivity contribution in [1.29, 1.82) is 0 Å². The quantitative estimate of drug-likeness (QED) is 0.766. The summed E-state index contributed by atoms with van der Waals surface area (Å²) >= 11 is 0. The number of nitrogens with zero attached hydrogens (tertiary/aromatic N) is 7. The van der Waals surface area contributed by atoms with Crippen LogP contribution in [0.5, 0.6) is 0 Å². The third-order valence-electron chi connectivity index (χ3n) is 4.36. The highest BCUT2D eigenvalue weighted by molar-refractivity contribution is 5.82. The third kappa shape index (κ3) is 2.86. The predicted octanol–water partition coefficient (Wildman–Crippen LogP) is -0.00810. The van der Waals surface area contributed by atoms with Gasteiger partial charge in [0.1, 0.15) is 12.2 Å². The lowest BCUT2D eigenvalue weighted by atomic mass is 10.2. The molecule has 24 heavy (non-hydrogen) atoms. The maximum absolute atomic E-state index is 12.1. The number of rotatable bonds is 5. The summed E-state index contributed by atoms with van der Waals surface area (Å²) in [6.07, 6.45) is 1.73. The lowest BCUT2D eigenvalue weighted by molar-refractivity contribution is -0.130. The van der Waals surface area contributed by atoms with Crippen LogP contribution in [0.2, 0.25) is 0 Å². The van der Waals surface area contributed by atoms with Gasteiger partial charge in [-0.1, -0.05) is 0 Å². The van der Waals surface area contributed by atoms with Crippen molar-refractivity contribution in [3.8, 4) is 11.5 Å². The van der Waals surface area contributed by atoms with E-state index >= 15 is 0 Å². The molecule has 0 aromatic carbocycles. The van der Waals surface area contributed by atoms with Gasteiger partial charge in [0.15, 0.2) is 5.82 Å². The fraction of sp³-hybridized carbons (Fsp3) is 0.600. The molecule has 0 aliphatic carbocycles. The van der Waals surface area contributed by atoms with E-state index in [0.717, 1.165) is 11.5 Å². The van der Waals surface area contributed by atoms with Crippen molar-refractivity contribution >= 4 is 11.9 Å². The van der Waals surface area contributed by atoms with Gasteiger partial charge < -0.3 is 14.5 Å². The number of anilines is 1. The molecule has 0 N–H and O–H groups in total. The Morgan fingerprint density at radius 1 is 1.33 bits per heavy atom. The molecule has 9 heteroatoms. The molecule has 130 valence electrons. The summed E-state index contributed by atoms with van der Waals surface area (Å²) in [7, 11) is 5.36. The summed E-state index contributed by atoms with van der Waals surface area (Å²) in [6, 6.07) is 2.06. The molecule has 1 amide bonds. The molecule has 1 aliphatic rings. The molecule has 1 saturated heterocycles. The summed E-state index contributed by atoms with van der Waals surface area (Å²) in [5.41, 5.74) is 0.873. The lowest BCUT2D eigenvalue weighted by Crippen LogP contribution is -2.54. The number of likely N-dealkylation sites (N-methyl/N-ethyl adjacent to an activating group) is 1. The standard InChI is InChI=1S/C15H23N7O2/c1-11-9-19(2)13(23)10-22(11)15-18-17-14(21(15)7-8-24-4)12-5-6-16-20(12)3/h5-6,11H,7-10H2,1-4H3. The third-order valence-corrected chi connectivity index (χ3v) is 4.36. The van der Waals surface area contributed by atoms with Crippen LogP contribution in [0.4, 0.5) is 5.95 Å². The molecule has 9 nitrogen and oxygen atoms in total. The van der Waals surface area contributed by atoms with Gasteiger partial charge in [-0.3, -0.25) is 14.0 Å². The number of aryl methyl sites for hydroxylation is 1. The summed E-state index contributed by atoms with van der Waals surface area (Å²) in [5, 5.41) is 12.9. The van der Waals surface area contributed by atoms with Gasteiger partial charge in [-0.05, 0) is 13.0 Å². The molecule has 1 unspecified atom stereocenters. The summed E-state index contributed by atoms with van der Waals surface area (Å²) < 4.78 is 8.99. The van der Waals surface area contributed by atoms with Crippen molar-refractivity contribution in [2.24, 2.45) is 7.05 Å². The molecule has 0 radical (unpaired) electrons. The Balaban J connectivity index is 2.00. The Labute approximate surface area is 140 Å². The average Bonchev–Trinajstić information content (AvgIpc) is 3.14. The zero-order valence-corrected chi connectivity index (χ0v) is 14.5. The first-order valence-electron chi connectivity index (χ1n) is 7.94. The Hall–Kier alpha value is -2.42. The Morgan fingerprint density at radius 2 is 2.12 bits per heavy atom. The van der Waals surface area contributed by atoms with Gasteiger partial charge in [-0.25, -0.2) is 0 Å². The highest BCUT2D eigenvalue weighted by atomic mass is 16.5. The Morgan fingerprint density at radius 3 is 2.79 bits per heavy atom. The van der Waals surface area contributed by atoms with Gasteiger partial charge in [0.2, 0.25) is 11.9 Å². The van der Waals surface area contributed by atoms with Crippen LogP contribution in [0.15, 0.2) is 12.3 Å². The maximum Gasteiger partial charge on any atom is 0.242 e. The van der Waals surface area contributed by atoms with E-state index in [1.165, 1.54) is 0 Å². The van der Waals surface area contributed by atoms with Gasteiger partial charge in [-0.15, -0.1) is 10.2 Å². The second-order valence-electron chi connectivity index (χ2n) is 6.06. The zero-order valence-electron chi connectivity index (χ0n) is 14.5. The zero-order chi connectivity index (χ0) is 17.3. The van der Waals surface area contributed by atoms with Crippen LogP contribution in [0.1, 0.15) is 6.92 Å². The van der Waals surface area contributed by atoms with Crippen molar-refractivity contribution in [2.75, 3.05) is 38.8 Å². The van der Waals surface area contributed by atoms with Crippen molar-refractivity contribution in [3.63, 3.8) is 0 Å². The van der Waals surface area contributed by atoms with E-state index in [9.17, 15) is 4.79 Å². The molecule has 1 aliphatic heterocycles. The van der Waals surface area contributed by atoms with E-state index < -0.39 is 0 Å². The molecule has 3 rings (SSSR count). The highest BCUT2D eigenvalue weighted by Gasteiger charge is 2.31. The van der Waals surface area contributed by atoms with Crippen LogP contribution >= 0.6 is 0 Å². The number of hydrogen-bond donors (Lipinski definition) is 0. The number of methoxy groups -OCH3 is 1. The van der Waals surface area contributed by atoms with E-state index in [4.69, 9.17) is 4.74 Å². The Kier molecular flexibility index (Phi) is 4.52. The number of carbonyl (C=O) groups excluding carboxylic acids is 1. The molecular weight excluding hydrogens is 310 g/mol. The van der Waals surface area contributed by atoms with Crippen molar-refractivity contribution in [2.45, 2.75) is 19.5 Å². The van der Waals surface area contributed by atoms with Crippen LogP contribution in [0.3, 0.4) is 0 Å². The minimum Gasteiger partial charge on any atom is -0.383 e. The van der Waals surface area contributed by atoms with Crippen LogP contribution in [0, 0.1) is 0 Å². The van der Waals surface area contributed by atoms with Crippen LogP contribution in [-0.4, -0.2) is 75.2 Å². The topological polar surface area (TPSA) is 81.3 Å². The molecule has 3 heterocycles. The fourth-order valence-corrected chi connectivity index (χ4v) is 2.97. The van der Waals surface area contributed by atoms with Gasteiger partial charge >= 0.3 is 0 Å². The molecule has 2 aromatic heterocycles. The number of aromatic nitrogens is 5. The second-order valence-corrected chi connectivity index (χ2v) is 6.06. The predicted molar refractivity (Wildman–Crippen MR) is 88.5 cm³/mol. The summed E-state index contributed by atoms with van der Waals surface area (Å²) in [4.78, 5) is 15.9. The van der Waals surface area contributed by atoms with Gasteiger partial charge in [0.05, 0.1) is 13.2 Å². The van der Waals surface area contributed by atoms with Crippen LogP contribution < -0.4 is 4.90 Å². The number of carbonyl (C=O) groups is 1. The van der Waals surface area contributed by atoms with E-state index in [0.29, 0.717) is 32.2 Å². The summed E-state index contributed by atoms with van der Waals surface area (Å²) in [6.45, 7) is 4.19. The summed E-state index contributed by atoms with van der Waals surface area (Å²) in [5.74, 6) is 1.49. The minimum absolute atomic E-state index is 0.0801. The normalized spacial score (nSPS) is 18.5. The highest BCUT2D eigenvalue weighted by Crippen LogP contribution is 2.25. The van der Waals surface area contributed by atoms with Crippen LogP contribution in [0.25, 0.3) is 11.5 Å². The maximum atomic E-state index is 12.1. The largest absolute Gasteiger partial charge is 0.383 e. The van der Waals surface area contributed by atoms with E-state index in [1.54, 1.807) is 22.9 Å². The molecule has 0 spiro atoms. The number of hydrogen-bond acceptors (Lipinski definition) is 6. The Bertz CT molecular complexity index is 723. The van der Waals surface area contributed by atoms with Crippen molar-refractivity contribution < 1.29 is 9.53 Å². The van der Waals surface area contributed by atoms with E-state index in [1.807, 2.05) is 29.6 Å². The molecular formula is C15H23N7O2. The van der Waals surface area contributed by atoms with Gasteiger partial charge in [-0.2, -0.15) is 5.10 Å². The number of ether oxygens (including phenoxy) is 1. The van der Waals surface area contributed by atoms with E-state index in [2.05, 4.69) is 22.2 Å². The molecule has 1 atom stereocenters. The monoisotopic (exact) mass is 333 g/mol. The van der Waals surface area contributed by atoms with Crippen LogP contribution in [-0.2, 0) is 23.1 Å². The number of piperazine rings is 1. The minimum atomic E-state index is 0.0801. The first kappa shape index (κ1) is 16.4. The average molecular weight is 333 g/mol. The SMILES string of the molecule is COCCn1c(-c2ccnn2C)nnc1N1CC(=O)N(C)CC1C. The second kappa shape index (κ2) is 6.60. The number of amides is 1. The lowest BCUT2D eigenvalue weighted by Gasteiger charge is -2.38. The first-order chi connectivity index (χ1) is 11.5. The molecule has 0 bridgehead atoms. The molecule has 2 aromatic rings. The molecule has 0 saturated carbocycles. The van der Waals surface area contributed by atoms with Gasteiger partial charge in [0, 0.05) is 40.0 Å². The van der Waals surface area contributed by atoms with E-state index in [-0.39, 0.29) is 11.9 Å². The van der Waals surface area contributed by atoms with Crippen molar-refractivity contribution in [1.82, 2.24) is 29.4 Å². The van der Waals surface area contributed by atoms with Gasteiger partial charge in [0.25, 0.3) is 0 Å². The molecule has 1 fully saturated rings. The fourth-order valence-electron chi connectivity index (χ4n) is 2.97. The van der Waals surface area contributed by atoms with Crippen molar-refractivity contribution in [3.05, 3.63) is 12.3 Å². The smallest absolute Gasteiger partial charge is 0.242 e. The first-order valence-corrected chi connectivity index (χ1v) is 7.94.